The standard InChI is InChI=1S/C18H27N3O2/c1-3-4-12-19-18(23)20-17(22)13-21(2)16-11-7-9-14-8-5-6-10-15(14)16/h5-6,8,10,16H,3-4,7,9,11-13H2,1-2H3,(H2,19,20,22,23)/t16-/m0/s1. The molecule has 1 aliphatic rings. The first-order chi connectivity index (χ1) is 11.1. The van der Waals surface area contributed by atoms with Gasteiger partial charge in [0.2, 0.25) is 5.91 Å². The minimum atomic E-state index is -0.402. The molecular formula is C18H27N3O2. The van der Waals surface area contributed by atoms with Gasteiger partial charge in [-0.1, -0.05) is 37.6 Å². The third-order valence-electron chi connectivity index (χ3n) is 4.33. The van der Waals surface area contributed by atoms with E-state index in [9.17, 15) is 9.59 Å². The fraction of sp³-hybridized carbons (Fsp3) is 0.556. The molecule has 1 aromatic rings. The smallest absolute Gasteiger partial charge is 0.321 e. The van der Waals surface area contributed by atoms with Crippen LogP contribution in [-0.4, -0.2) is 37.0 Å². The van der Waals surface area contributed by atoms with E-state index in [1.165, 1.54) is 11.1 Å². The topological polar surface area (TPSA) is 61.4 Å². The van der Waals surface area contributed by atoms with Gasteiger partial charge in [0, 0.05) is 12.6 Å². The third-order valence-corrected chi connectivity index (χ3v) is 4.33. The highest BCUT2D eigenvalue weighted by molar-refractivity contribution is 5.95. The van der Waals surface area contributed by atoms with Crippen LogP contribution in [0, 0.1) is 0 Å². The van der Waals surface area contributed by atoms with Crippen molar-refractivity contribution in [2.75, 3.05) is 20.1 Å². The molecule has 0 unspecified atom stereocenters. The molecule has 5 nitrogen and oxygen atoms in total. The van der Waals surface area contributed by atoms with E-state index in [1.54, 1.807) is 0 Å². The van der Waals surface area contributed by atoms with Gasteiger partial charge in [-0.2, -0.15) is 0 Å². The summed E-state index contributed by atoms with van der Waals surface area (Å²) in [5.74, 6) is -0.260. The molecular weight excluding hydrogens is 290 g/mol. The molecule has 23 heavy (non-hydrogen) atoms. The predicted molar refractivity (Wildman–Crippen MR) is 91.2 cm³/mol. The van der Waals surface area contributed by atoms with E-state index >= 15 is 0 Å². The maximum absolute atomic E-state index is 12.0. The summed E-state index contributed by atoms with van der Waals surface area (Å²) in [6.45, 7) is 2.88. The van der Waals surface area contributed by atoms with Crippen LogP contribution in [0.4, 0.5) is 4.79 Å². The predicted octanol–water partition coefficient (Wildman–Crippen LogP) is 2.62. The Hall–Kier alpha value is -1.88. The summed E-state index contributed by atoms with van der Waals surface area (Å²) < 4.78 is 0. The summed E-state index contributed by atoms with van der Waals surface area (Å²) in [5, 5.41) is 5.10. The monoisotopic (exact) mass is 317 g/mol. The minimum absolute atomic E-state index is 0.222. The lowest BCUT2D eigenvalue weighted by Gasteiger charge is -2.32. The van der Waals surface area contributed by atoms with Crippen molar-refractivity contribution in [2.24, 2.45) is 0 Å². The van der Waals surface area contributed by atoms with Gasteiger partial charge >= 0.3 is 6.03 Å². The number of hydrogen-bond donors (Lipinski definition) is 2. The molecule has 0 aliphatic heterocycles. The van der Waals surface area contributed by atoms with Crippen molar-refractivity contribution in [1.29, 1.82) is 0 Å². The van der Waals surface area contributed by atoms with E-state index in [0.29, 0.717) is 6.54 Å². The summed E-state index contributed by atoms with van der Waals surface area (Å²) in [6.07, 6.45) is 5.21. The van der Waals surface area contributed by atoms with Gasteiger partial charge in [-0.3, -0.25) is 15.0 Å². The van der Waals surface area contributed by atoms with E-state index in [4.69, 9.17) is 0 Å². The van der Waals surface area contributed by atoms with Crippen LogP contribution < -0.4 is 10.6 Å². The number of unbranched alkanes of at least 4 members (excludes halogenated alkanes) is 1. The van der Waals surface area contributed by atoms with Crippen molar-refractivity contribution >= 4 is 11.9 Å². The molecule has 1 aromatic carbocycles. The molecule has 1 atom stereocenters. The number of nitrogens with one attached hydrogen (secondary N) is 2. The average molecular weight is 317 g/mol. The lowest BCUT2D eigenvalue weighted by Crippen LogP contribution is -2.44. The van der Waals surface area contributed by atoms with Crippen LogP contribution in [-0.2, 0) is 11.2 Å². The third kappa shape index (κ3) is 5.06. The first-order valence-electron chi connectivity index (χ1n) is 8.47. The van der Waals surface area contributed by atoms with Gasteiger partial charge in [0.1, 0.15) is 0 Å². The number of hydrogen-bond acceptors (Lipinski definition) is 3. The van der Waals surface area contributed by atoms with Crippen molar-refractivity contribution < 1.29 is 9.59 Å². The van der Waals surface area contributed by atoms with Gasteiger partial charge in [-0.05, 0) is 43.9 Å². The van der Waals surface area contributed by atoms with E-state index in [0.717, 1.165) is 32.1 Å². The molecule has 0 radical (unpaired) electrons. The fourth-order valence-corrected chi connectivity index (χ4v) is 3.11. The van der Waals surface area contributed by atoms with Crippen molar-refractivity contribution in [3.05, 3.63) is 35.4 Å². The molecule has 0 heterocycles. The highest BCUT2D eigenvalue weighted by atomic mass is 16.2. The SMILES string of the molecule is CCCCNC(=O)NC(=O)CN(C)[C@H]1CCCc2ccccc21. The van der Waals surface area contributed by atoms with Crippen LogP contribution >= 0.6 is 0 Å². The molecule has 0 saturated heterocycles. The van der Waals surface area contributed by atoms with Gasteiger partial charge in [-0.15, -0.1) is 0 Å². The summed E-state index contributed by atoms with van der Waals surface area (Å²) >= 11 is 0. The van der Waals surface area contributed by atoms with E-state index in [-0.39, 0.29) is 18.5 Å². The van der Waals surface area contributed by atoms with Gasteiger partial charge < -0.3 is 5.32 Å². The molecule has 1 aliphatic carbocycles. The summed E-state index contributed by atoms with van der Waals surface area (Å²) in [6, 6.07) is 8.26. The van der Waals surface area contributed by atoms with E-state index in [2.05, 4.69) is 35.8 Å². The number of carbonyl (C=O) groups excluding carboxylic acids is 2. The Morgan fingerprint density at radius 1 is 1.30 bits per heavy atom. The number of benzene rings is 1. The Kier molecular flexibility index (Phi) is 6.59. The summed E-state index contributed by atoms with van der Waals surface area (Å²) in [7, 11) is 1.95. The Labute approximate surface area is 138 Å². The highest BCUT2D eigenvalue weighted by Gasteiger charge is 2.24. The number of aryl methyl sites for hydroxylation is 1. The largest absolute Gasteiger partial charge is 0.338 e. The number of urea groups is 1. The zero-order valence-corrected chi connectivity index (χ0v) is 14.1. The number of likely N-dealkylation sites (N-methyl/N-ethyl adjacent to an activating group) is 1. The Balaban J connectivity index is 1.86. The van der Waals surface area contributed by atoms with Crippen molar-refractivity contribution in [3.63, 3.8) is 0 Å². The van der Waals surface area contributed by atoms with Crippen LogP contribution in [0.2, 0.25) is 0 Å². The Morgan fingerprint density at radius 3 is 2.87 bits per heavy atom. The van der Waals surface area contributed by atoms with Crippen molar-refractivity contribution in [2.45, 2.75) is 45.1 Å². The first kappa shape index (κ1) is 17.5. The molecule has 0 fully saturated rings. The molecule has 126 valence electrons. The molecule has 2 N–H and O–H groups in total. The minimum Gasteiger partial charge on any atom is -0.338 e. The molecule has 0 bridgehead atoms. The highest BCUT2D eigenvalue weighted by Crippen LogP contribution is 2.33. The number of carbonyl (C=O) groups is 2. The van der Waals surface area contributed by atoms with Crippen molar-refractivity contribution in [3.8, 4) is 0 Å². The van der Waals surface area contributed by atoms with Crippen LogP contribution in [0.1, 0.15) is 49.8 Å². The average Bonchev–Trinajstić information content (AvgIpc) is 2.54. The van der Waals surface area contributed by atoms with Gasteiger partial charge in [0.15, 0.2) is 0 Å². The second-order valence-electron chi connectivity index (χ2n) is 6.18. The maximum atomic E-state index is 12.0. The molecule has 5 heteroatoms. The van der Waals surface area contributed by atoms with Crippen LogP contribution in [0.25, 0.3) is 0 Å². The number of nitrogens with zero attached hydrogens (tertiary/aromatic N) is 1. The summed E-state index contributed by atoms with van der Waals surface area (Å²) in [4.78, 5) is 25.7. The normalized spacial score (nSPS) is 16.7. The Bertz CT molecular complexity index is 545. The molecule has 0 aromatic heterocycles. The second-order valence-corrected chi connectivity index (χ2v) is 6.18. The van der Waals surface area contributed by atoms with Gasteiger partial charge in [0.25, 0.3) is 0 Å². The van der Waals surface area contributed by atoms with E-state index in [1.807, 2.05) is 18.0 Å². The molecule has 3 amide bonds. The van der Waals surface area contributed by atoms with Crippen LogP contribution in [0.15, 0.2) is 24.3 Å². The Morgan fingerprint density at radius 2 is 2.09 bits per heavy atom. The zero-order chi connectivity index (χ0) is 16.7. The zero-order valence-electron chi connectivity index (χ0n) is 14.1. The van der Waals surface area contributed by atoms with Crippen molar-refractivity contribution in [1.82, 2.24) is 15.5 Å². The summed E-state index contributed by atoms with van der Waals surface area (Å²) in [5.41, 5.74) is 2.68. The number of imide groups is 1. The van der Waals surface area contributed by atoms with Crippen LogP contribution in [0.5, 0.6) is 0 Å². The number of fused-ring (bicyclic) bond motifs is 1. The first-order valence-corrected chi connectivity index (χ1v) is 8.47. The molecule has 0 spiro atoms. The quantitative estimate of drug-likeness (QED) is 0.793. The number of amides is 3. The second kappa shape index (κ2) is 8.67. The maximum Gasteiger partial charge on any atom is 0.321 e. The van der Waals surface area contributed by atoms with Crippen LogP contribution in [0.3, 0.4) is 0 Å². The number of rotatable bonds is 6. The van der Waals surface area contributed by atoms with Gasteiger partial charge in [-0.25, -0.2) is 4.79 Å². The molecule has 0 saturated carbocycles. The molecule has 2 rings (SSSR count). The fourth-order valence-electron chi connectivity index (χ4n) is 3.11. The van der Waals surface area contributed by atoms with Gasteiger partial charge in [0.05, 0.1) is 6.54 Å². The lowest BCUT2D eigenvalue weighted by atomic mass is 9.87. The lowest BCUT2D eigenvalue weighted by molar-refractivity contribution is -0.121. The van der Waals surface area contributed by atoms with E-state index < -0.39 is 6.03 Å².